The molecule has 12 heteroatoms. The number of primary amides is 1. The van der Waals surface area contributed by atoms with Crippen LogP contribution in [0.5, 0.6) is 0 Å². The summed E-state index contributed by atoms with van der Waals surface area (Å²) in [6.45, 7) is 4.17. The highest BCUT2D eigenvalue weighted by atomic mass is 32.2. The van der Waals surface area contributed by atoms with Crippen LogP contribution in [0.1, 0.15) is 45.4 Å². The van der Waals surface area contributed by atoms with Crippen molar-refractivity contribution in [2.24, 2.45) is 5.73 Å². The standard InChI is InChI=1S/C19H23N5O4S3/c1-2-7-24-17(11-6-8-31(27,28)10-11)22-23-19(24)29-9-14(25)21-18-15(16(20)26)12-4-3-5-13(12)30-18/h2,11H,1,3-10H2,(H2,20,26)(H,21,25). The highest BCUT2D eigenvalue weighted by molar-refractivity contribution is 7.99. The second-order valence-corrected chi connectivity index (χ2v) is 11.9. The highest BCUT2D eigenvalue weighted by Crippen LogP contribution is 2.39. The molecule has 3 heterocycles. The zero-order chi connectivity index (χ0) is 22.2. The van der Waals surface area contributed by atoms with Crippen LogP contribution in [0.15, 0.2) is 17.8 Å². The number of nitrogens with zero attached hydrogens (tertiary/aromatic N) is 3. The summed E-state index contributed by atoms with van der Waals surface area (Å²) in [6.07, 6.45) is 4.90. The molecule has 3 N–H and O–H groups in total. The van der Waals surface area contributed by atoms with Gasteiger partial charge in [-0.15, -0.1) is 28.1 Å². The van der Waals surface area contributed by atoms with E-state index in [9.17, 15) is 18.0 Å². The van der Waals surface area contributed by atoms with Crippen molar-refractivity contribution >= 4 is 49.8 Å². The van der Waals surface area contributed by atoms with Crippen molar-refractivity contribution in [3.63, 3.8) is 0 Å². The Morgan fingerprint density at radius 3 is 2.84 bits per heavy atom. The first-order valence-electron chi connectivity index (χ1n) is 9.90. The van der Waals surface area contributed by atoms with E-state index in [0.717, 1.165) is 29.7 Å². The molecule has 0 spiro atoms. The number of rotatable bonds is 8. The minimum Gasteiger partial charge on any atom is -0.365 e. The van der Waals surface area contributed by atoms with Gasteiger partial charge in [-0.05, 0) is 31.2 Å². The van der Waals surface area contributed by atoms with Crippen LogP contribution < -0.4 is 11.1 Å². The smallest absolute Gasteiger partial charge is 0.251 e. The molecule has 1 aliphatic carbocycles. The van der Waals surface area contributed by atoms with Crippen LogP contribution in [0.3, 0.4) is 0 Å². The first kappa shape index (κ1) is 22.0. The Morgan fingerprint density at radius 1 is 1.35 bits per heavy atom. The second kappa shape index (κ2) is 8.75. The molecule has 1 fully saturated rings. The van der Waals surface area contributed by atoms with Crippen molar-refractivity contribution < 1.29 is 18.0 Å². The number of anilines is 1. The molecule has 2 aromatic heterocycles. The van der Waals surface area contributed by atoms with Gasteiger partial charge in [0.25, 0.3) is 5.91 Å². The average molecular weight is 482 g/mol. The highest BCUT2D eigenvalue weighted by Gasteiger charge is 2.33. The van der Waals surface area contributed by atoms with Crippen molar-refractivity contribution in [2.75, 3.05) is 22.6 Å². The Labute approximate surface area is 188 Å². The predicted molar refractivity (Wildman–Crippen MR) is 120 cm³/mol. The molecule has 2 amide bonds. The summed E-state index contributed by atoms with van der Waals surface area (Å²) < 4.78 is 25.5. The van der Waals surface area contributed by atoms with E-state index in [1.54, 1.807) is 6.08 Å². The third-order valence-corrected chi connectivity index (χ3v) is 9.35. The van der Waals surface area contributed by atoms with Crippen molar-refractivity contribution in [1.29, 1.82) is 0 Å². The number of carbonyl (C=O) groups excluding carboxylic acids is 2. The fraction of sp³-hybridized carbons (Fsp3) is 0.474. The summed E-state index contributed by atoms with van der Waals surface area (Å²) in [7, 11) is -3.05. The van der Waals surface area contributed by atoms with Gasteiger partial charge < -0.3 is 15.6 Å². The summed E-state index contributed by atoms with van der Waals surface area (Å²) >= 11 is 2.62. The van der Waals surface area contributed by atoms with Gasteiger partial charge in [0.05, 0.1) is 22.8 Å². The van der Waals surface area contributed by atoms with Crippen LogP contribution >= 0.6 is 23.1 Å². The lowest BCUT2D eigenvalue weighted by Crippen LogP contribution is -2.19. The normalized spacial score (nSPS) is 19.3. The molecule has 31 heavy (non-hydrogen) atoms. The van der Waals surface area contributed by atoms with E-state index in [2.05, 4.69) is 22.1 Å². The van der Waals surface area contributed by atoms with Gasteiger partial charge in [-0.2, -0.15) is 0 Å². The van der Waals surface area contributed by atoms with Gasteiger partial charge in [-0.3, -0.25) is 9.59 Å². The van der Waals surface area contributed by atoms with Crippen LogP contribution in [0, 0.1) is 0 Å². The molecule has 1 atom stereocenters. The lowest BCUT2D eigenvalue weighted by atomic mass is 10.1. The molecule has 2 aromatic rings. The topological polar surface area (TPSA) is 137 Å². The molecule has 1 saturated heterocycles. The van der Waals surface area contributed by atoms with E-state index in [1.165, 1.54) is 23.1 Å². The minimum absolute atomic E-state index is 0.0619. The van der Waals surface area contributed by atoms with Crippen LogP contribution in [-0.4, -0.2) is 52.3 Å². The number of nitrogens with one attached hydrogen (secondary N) is 1. The first-order chi connectivity index (χ1) is 14.8. The summed E-state index contributed by atoms with van der Waals surface area (Å²) in [5.74, 6) is -0.112. The van der Waals surface area contributed by atoms with Crippen LogP contribution in [0.25, 0.3) is 0 Å². The number of thiophene rings is 1. The second-order valence-electron chi connectivity index (χ2n) is 7.60. The molecule has 9 nitrogen and oxygen atoms in total. The summed E-state index contributed by atoms with van der Waals surface area (Å²) in [4.78, 5) is 25.6. The molecule has 0 aromatic carbocycles. The predicted octanol–water partition coefficient (Wildman–Crippen LogP) is 1.75. The van der Waals surface area contributed by atoms with E-state index >= 15 is 0 Å². The molecule has 2 aliphatic rings. The summed E-state index contributed by atoms with van der Waals surface area (Å²) in [6, 6.07) is 0. The van der Waals surface area contributed by atoms with Gasteiger partial charge in [-0.1, -0.05) is 17.8 Å². The number of hydrogen-bond donors (Lipinski definition) is 2. The number of allylic oxidation sites excluding steroid dienone is 1. The summed E-state index contributed by atoms with van der Waals surface area (Å²) in [5, 5.41) is 12.2. The van der Waals surface area contributed by atoms with Crippen LogP contribution in [-0.2, 0) is 34.0 Å². The Bertz CT molecular complexity index is 1150. The van der Waals surface area contributed by atoms with Crippen molar-refractivity contribution in [3.05, 3.63) is 34.5 Å². The number of carbonyl (C=O) groups is 2. The molecule has 0 radical (unpaired) electrons. The molecular weight excluding hydrogens is 458 g/mol. The number of hydrogen-bond acceptors (Lipinski definition) is 8. The summed E-state index contributed by atoms with van der Waals surface area (Å²) in [5.41, 5.74) is 6.93. The zero-order valence-electron chi connectivity index (χ0n) is 16.8. The fourth-order valence-electron chi connectivity index (χ4n) is 4.05. The SMILES string of the molecule is C=CCn1c(SCC(=O)Nc2sc3c(c2C(N)=O)CCC3)nnc1C1CCS(=O)(=O)C1. The Hall–Kier alpha value is -2.18. The largest absolute Gasteiger partial charge is 0.365 e. The number of nitrogens with two attached hydrogens (primary N) is 1. The maximum atomic E-state index is 12.6. The van der Waals surface area contributed by atoms with E-state index in [4.69, 9.17) is 5.73 Å². The average Bonchev–Trinajstić information content (AvgIpc) is 3.43. The van der Waals surface area contributed by atoms with Crippen LogP contribution in [0.4, 0.5) is 5.00 Å². The monoisotopic (exact) mass is 481 g/mol. The van der Waals surface area contributed by atoms with Gasteiger partial charge in [0.15, 0.2) is 15.0 Å². The molecular formula is C19H23N5O4S3. The molecule has 0 saturated carbocycles. The van der Waals surface area contributed by atoms with Gasteiger partial charge in [0.2, 0.25) is 5.91 Å². The van der Waals surface area contributed by atoms with E-state index in [-0.39, 0.29) is 29.1 Å². The van der Waals surface area contributed by atoms with E-state index in [0.29, 0.717) is 34.5 Å². The van der Waals surface area contributed by atoms with Gasteiger partial charge in [-0.25, -0.2) is 8.42 Å². The number of amides is 2. The third-order valence-electron chi connectivity index (χ3n) is 5.41. The minimum atomic E-state index is -3.05. The zero-order valence-corrected chi connectivity index (χ0v) is 19.2. The number of aromatic nitrogens is 3. The van der Waals surface area contributed by atoms with Crippen molar-refractivity contribution in [3.8, 4) is 0 Å². The number of sulfone groups is 1. The number of fused-ring (bicyclic) bond motifs is 1. The Balaban J connectivity index is 1.46. The number of aryl methyl sites for hydroxylation is 1. The Morgan fingerprint density at radius 2 is 2.16 bits per heavy atom. The van der Waals surface area contributed by atoms with Gasteiger partial charge >= 0.3 is 0 Å². The first-order valence-corrected chi connectivity index (χ1v) is 13.5. The maximum Gasteiger partial charge on any atom is 0.251 e. The molecule has 1 aliphatic heterocycles. The number of thioether (sulfide) groups is 1. The molecule has 4 rings (SSSR count). The maximum absolute atomic E-state index is 12.6. The molecule has 0 bridgehead atoms. The lowest BCUT2D eigenvalue weighted by molar-refractivity contribution is -0.113. The van der Waals surface area contributed by atoms with E-state index in [1.807, 2.05) is 4.57 Å². The molecule has 1 unspecified atom stereocenters. The van der Waals surface area contributed by atoms with Crippen molar-refractivity contribution in [1.82, 2.24) is 14.8 Å². The quantitative estimate of drug-likeness (QED) is 0.433. The van der Waals surface area contributed by atoms with Gasteiger partial charge in [0, 0.05) is 17.3 Å². The van der Waals surface area contributed by atoms with Crippen LogP contribution in [0.2, 0.25) is 0 Å². The fourth-order valence-corrected chi connectivity index (χ4v) is 7.86. The van der Waals surface area contributed by atoms with E-state index < -0.39 is 15.7 Å². The Kier molecular flexibility index (Phi) is 6.22. The molecule has 166 valence electrons. The third kappa shape index (κ3) is 4.55. The van der Waals surface area contributed by atoms with Gasteiger partial charge in [0.1, 0.15) is 10.8 Å². The lowest BCUT2D eigenvalue weighted by Gasteiger charge is -2.11. The van der Waals surface area contributed by atoms with Crippen molar-refractivity contribution in [2.45, 2.75) is 43.3 Å².